The van der Waals surface area contributed by atoms with Crippen molar-refractivity contribution in [3.63, 3.8) is 0 Å². The lowest BCUT2D eigenvalue weighted by atomic mass is 10.2. The number of halogens is 1. The van der Waals surface area contributed by atoms with Crippen molar-refractivity contribution < 1.29 is 0 Å². The third-order valence-electron chi connectivity index (χ3n) is 2.78. The normalized spacial score (nSPS) is 10.2. The summed E-state index contributed by atoms with van der Waals surface area (Å²) in [6, 6.07) is 9.57. The second kappa shape index (κ2) is 6.51. The molecule has 0 spiro atoms. The molecule has 0 unspecified atom stereocenters. The number of aryl methyl sites for hydroxylation is 1. The van der Waals surface area contributed by atoms with Crippen molar-refractivity contribution in [2.75, 3.05) is 0 Å². The van der Waals surface area contributed by atoms with Gasteiger partial charge in [-0.15, -0.1) is 6.58 Å². The third-order valence-corrected chi connectivity index (χ3v) is 3.55. The quantitative estimate of drug-likeness (QED) is 0.623. The second-order valence-electron chi connectivity index (χ2n) is 4.12. The Morgan fingerprint density at radius 3 is 2.85 bits per heavy atom. The van der Waals surface area contributed by atoms with Crippen LogP contribution < -0.4 is 0 Å². The maximum atomic E-state index is 8.69. The van der Waals surface area contributed by atoms with Crippen molar-refractivity contribution in [1.29, 1.82) is 5.26 Å². The van der Waals surface area contributed by atoms with Crippen LogP contribution in [0.2, 0.25) is 5.02 Å². The van der Waals surface area contributed by atoms with E-state index in [1.54, 1.807) is 10.8 Å². The summed E-state index contributed by atoms with van der Waals surface area (Å²) < 4.78 is 4.08. The Bertz CT molecular complexity index is 724. The largest absolute Gasteiger partial charge is 0.296 e. The number of allylic oxidation sites excluding steroid dienone is 1. The van der Waals surface area contributed by atoms with Crippen LogP contribution in [0.4, 0.5) is 0 Å². The van der Waals surface area contributed by atoms with E-state index >= 15 is 0 Å². The van der Waals surface area contributed by atoms with E-state index in [4.69, 9.17) is 29.1 Å². The summed E-state index contributed by atoms with van der Waals surface area (Å²) in [5.74, 6) is 0.693. The van der Waals surface area contributed by atoms with Gasteiger partial charge in [0.05, 0.1) is 24.1 Å². The molecule has 102 valence electrons. The van der Waals surface area contributed by atoms with E-state index in [1.807, 2.05) is 28.8 Å². The lowest BCUT2D eigenvalue weighted by molar-refractivity contribution is 0.609. The molecular formula is C14H13ClN4S. The first kappa shape index (κ1) is 14.5. The maximum Gasteiger partial charge on any atom is 0.198 e. The van der Waals surface area contributed by atoms with E-state index in [9.17, 15) is 0 Å². The van der Waals surface area contributed by atoms with Crippen LogP contribution in [-0.2, 0) is 13.1 Å². The molecule has 0 saturated heterocycles. The number of nitrogens with zero attached hydrogens (tertiary/aromatic N) is 4. The van der Waals surface area contributed by atoms with Gasteiger partial charge in [0.2, 0.25) is 0 Å². The van der Waals surface area contributed by atoms with E-state index in [0.717, 1.165) is 5.56 Å². The fourth-order valence-electron chi connectivity index (χ4n) is 1.88. The van der Waals surface area contributed by atoms with Crippen molar-refractivity contribution >= 4 is 23.8 Å². The highest BCUT2D eigenvalue weighted by Crippen LogP contribution is 2.26. The lowest BCUT2D eigenvalue weighted by Gasteiger charge is -2.05. The van der Waals surface area contributed by atoms with Crippen LogP contribution in [-0.4, -0.2) is 14.3 Å². The Morgan fingerprint density at radius 2 is 2.20 bits per heavy atom. The summed E-state index contributed by atoms with van der Waals surface area (Å²) in [4.78, 5) is 0. The van der Waals surface area contributed by atoms with Gasteiger partial charge in [0.15, 0.2) is 10.6 Å². The molecule has 20 heavy (non-hydrogen) atoms. The highest BCUT2D eigenvalue weighted by atomic mass is 35.5. The van der Waals surface area contributed by atoms with Gasteiger partial charge in [-0.2, -0.15) is 10.4 Å². The third kappa shape index (κ3) is 2.82. The van der Waals surface area contributed by atoms with Gasteiger partial charge in [0.25, 0.3) is 0 Å². The van der Waals surface area contributed by atoms with E-state index in [-0.39, 0.29) is 0 Å². The summed E-state index contributed by atoms with van der Waals surface area (Å²) in [6.45, 7) is 4.75. The van der Waals surface area contributed by atoms with Gasteiger partial charge < -0.3 is 0 Å². The molecule has 4 nitrogen and oxygen atoms in total. The zero-order chi connectivity index (χ0) is 14.5. The van der Waals surface area contributed by atoms with Gasteiger partial charge in [-0.25, -0.2) is 4.68 Å². The number of nitriles is 1. The monoisotopic (exact) mass is 304 g/mol. The van der Waals surface area contributed by atoms with Gasteiger partial charge in [-0.3, -0.25) is 4.57 Å². The fraction of sp³-hybridized carbons (Fsp3) is 0.214. The number of hydrogen-bond donors (Lipinski definition) is 0. The number of hydrogen-bond acceptors (Lipinski definition) is 3. The molecule has 0 aliphatic rings. The average molecular weight is 305 g/mol. The maximum absolute atomic E-state index is 8.69. The minimum absolute atomic E-state index is 0.362. The summed E-state index contributed by atoms with van der Waals surface area (Å²) in [5, 5.41) is 13.8. The smallest absolute Gasteiger partial charge is 0.198 e. The highest BCUT2D eigenvalue weighted by Gasteiger charge is 2.14. The van der Waals surface area contributed by atoms with E-state index in [1.165, 1.54) is 0 Å². The van der Waals surface area contributed by atoms with Crippen LogP contribution in [0.5, 0.6) is 0 Å². The van der Waals surface area contributed by atoms with Crippen molar-refractivity contribution in [3.05, 3.63) is 46.7 Å². The average Bonchev–Trinajstić information content (AvgIpc) is 2.75. The van der Waals surface area contributed by atoms with E-state index in [0.29, 0.717) is 35.1 Å². The number of rotatable bonds is 5. The molecule has 2 aromatic rings. The molecule has 1 aromatic heterocycles. The molecular weight excluding hydrogens is 292 g/mol. The topological polar surface area (TPSA) is 46.5 Å². The number of aromatic nitrogens is 3. The Hall–Kier alpha value is -1.90. The Kier molecular flexibility index (Phi) is 4.72. The first-order chi connectivity index (χ1) is 9.69. The summed E-state index contributed by atoms with van der Waals surface area (Å²) in [6.07, 6.45) is 2.12. The SMILES string of the molecule is C=CCn1c(-c2ccccc2Cl)nn(CCC#N)c1=S. The Balaban J connectivity index is 2.57. The molecule has 2 rings (SSSR count). The summed E-state index contributed by atoms with van der Waals surface area (Å²) in [5.41, 5.74) is 0.817. The van der Waals surface area contributed by atoms with Gasteiger partial charge in [0, 0.05) is 12.1 Å². The van der Waals surface area contributed by atoms with Crippen molar-refractivity contribution in [1.82, 2.24) is 14.3 Å². The Labute approximate surface area is 127 Å². The van der Waals surface area contributed by atoms with E-state index in [2.05, 4.69) is 17.7 Å². The van der Waals surface area contributed by atoms with Gasteiger partial charge >= 0.3 is 0 Å². The minimum atomic E-state index is 0.362. The molecule has 0 fully saturated rings. The molecule has 0 bridgehead atoms. The van der Waals surface area contributed by atoms with Crippen LogP contribution in [0.1, 0.15) is 6.42 Å². The minimum Gasteiger partial charge on any atom is -0.296 e. The zero-order valence-corrected chi connectivity index (χ0v) is 12.4. The van der Waals surface area contributed by atoms with Crippen LogP contribution in [0.15, 0.2) is 36.9 Å². The van der Waals surface area contributed by atoms with Gasteiger partial charge in [-0.1, -0.05) is 29.8 Å². The first-order valence-electron chi connectivity index (χ1n) is 6.09. The van der Waals surface area contributed by atoms with Crippen molar-refractivity contribution in [2.24, 2.45) is 0 Å². The van der Waals surface area contributed by atoms with Crippen molar-refractivity contribution in [3.8, 4) is 17.5 Å². The van der Waals surface area contributed by atoms with Crippen LogP contribution in [0.25, 0.3) is 11.4 Å². The zero-order valence-electron chi connectivity index (χ0n) is 10.8. The Morgan fingerprint density at radius 1 is 1.45 bits per heavy atom. The molecule has 0 aliphatic carbocycles. The molecule has 0 N–H and O–H groups in total. The predicted molar refractivity (Wildman–Crippen MR) is 81.9 cm³/mol. The van der Waals surface area contributed by atoms with Crippen LogP contribution >= 0.6 is 23.8 Å². The molecule has 0 atom stereocenters. The molecule has 6 heteroatoms. The molecule has 1 aromatic carbocycles. The summed E-state index contributed by atoms with van der Waals surface area (Å²) >= 11 is 11.6. The summed E-state index contributed by atoms with van der Waals surface area (Å²) in [7, 11) is 0. The molecule has 0 amide bonds. The fourth-order valence-corrected chi connectivity index (χ4v) is 2.39. The molecule has 0 aliphatic heterocycles. The van der Waals surface area contributed by atoms with Crippen LogP contribution in [0, 0.1) is 16.1 Å². The first-order valence-corrected chi connectivity index (χ1v) is 6.88. The lowest BCUT2D eigenvalue weighted by Crippen LogP contribution is -2.01. The number of benzene rings is 1. The second-order valence-corrected chi connectivity index (χ2v) is 4.89. The molecule has 0 radical (unpaired) electrons. The van der Waals surface area contributed by atoms with Gasteiger partial charge in [0.1, 0.15) is 0 Å². The van der Waals surface area contributed by atoms with Crippen LogP contribution in [0.3, 0.4) is 0 Å². The standard InChI is InChI=1S/C14H13ClN4S/c1-2-9-18-13(11-6-3-4-7-12(11)15)17-19(14(18)20)10-5-8-16/h2-4,6-7H,1,5,9-10H2. The van der Waals surface area contributed by atoms with E-state index < -0.39 is 0 Å². The molecule has 1 heterocycles. The van der Waals surface area contributed by atoms with Gasteiger partial charge in [-0.05, 0) is 24.4 Å². The molecule has 0 saturated carbocycles. The van der Waals surface area contributed by atoms with Crippen molar-refractivity contribution in [2.45, 2.75) is 19.5 Å². The predicted octanol–water partition coefficient (Wildman–Crippen LogP) is 3.83. The highest BCUT2D eigenvalue weighted by molar-refractivity contribution is 7.71.